The number of rotatable bonds is 27. The zero-order valence-corrected chi connectivity index (χ0v) is 60.6. The minimum atomic E-state index is -3.46. The Labute approximate surface area is 582 Å². The quantitative estimate of drug-likeness (QED) is 0.0500. The largest absolute Gasteiger partial charge is 0.491 e. The van der Waals surface area contributed by atoms with Crippen LogP contribution in [0, 0.1) is 11.3 Å². The Hall–Kier alpha value is -7.12. The molecular formula is C65H70Cl5N9O12S4. The van der Waals surface area contributed by atoms with Gasteiger partial charge >= 0.3 is 0 Å². The molecule has 0 unspecified atom stereocenters. The number of hydrogen-bond donors (Lipinski definition) is 1. The molecule has 0 amide bonds. The van der Waals surface area contributed by atoms with Crippen LogP contribution < -0.4 is 23.7 Å². The highest BCUT2D eigenvalue weighted by Crippen LogP contribution is 2.43. The molecule has 9 rings (SSSR count). The molecule has 3 aromatic carbocycles. The monoisotopic (exact) mass is 1470 g/mol. The standard InChI is InChI=1S/C23H26Cl2N2O4S.C22H25Cl2N3O4S.C20H19ClN4O4S2/c1-5-10-30-21-18(24)11-16(12-19(21)25)23(2,3)15-6-7-17(26-13-15)8-9-20-22(27-14-31-20)32(4,28)29;1-5-8-30-20-16(23)9-14(10-17(20)24)22(2,3)15-11-25-19(26-12-15)7-6-18-21(27-13-31-18)32(4,28)29;1-3-8-28-19-14(11-22)9-13(10-16(19)21)17-4-5-18(30-17)29-12-15-6-7-23-20(24-15)25-31(2,26)27/h6-7,11-14H,5,8-10H2,1-4H3;9-13H,5-8H2,1-4H3;4-7,9-10H,3,8,12H2,1-2H3,(H,23,24,25). The van der Waals surface area contributed by atoms with Crippen molar-refractivity contribution in [2.24, 2.45) is 0 Å². The maximum atomic E-state index is 11.8. The van der Waals surface area contributed by atoms with Crippen LogP contribution in [0.4, 0.5) is 5.95 Å². The first kappa shape index (κ1) is 75.3. The van der Waals surface area contributed by atoms with E-state index in [-0.39, 0.29) is 22.6 Å². The summed E-state index contributed by atoms with van der Waals surface area (Å²) in [4.78, 5) is 29.9. The molecule has 0 saturated heterocycles. The Balaban J connectivity index is 0.000000201. The van der Waals surface area contributed by atoms with Crippen LogP contribution in [0.1, 0.15) is 124 Å². The fourth-order valence-electron chi connectivity index (χ4n) is 9.09. The zero-order chi connectivity index (χ0) is 69.5. The number of hydrogen-bond acceptors (Lipinski definition) is 21. The predicted octanol–water partition coefficient (Wildman–Crippen LogP) is 15.2. The van der Waals surface area contributed by atoms with Crippen LogP contribution in [0.15, 0.2) is 123 Å². The van der Waals surface area contributed by atoms with Crippen LogP contribution in [-0.4, -0.2) is 98.7 Å². The van der Waals surface area contributed by atoms with Crippen LogP contribution >= 0.6 is 69.3 Å². The molecule has 6 aromatic heterocycles. The van der Waals surface area contributed by atoms with Gasteiger partial charge in [0.1, 0.15) is 30.0 Å². The van der Waals surface area contributed by atoms with Crippen molar-refractivity contribution in [3.05, 3.63) is 186 Å². The summed E-state index contributed by atoms with van der Waals surface area (Å²) >= 11 is 33.5. The highest BCUT2D eigenvalue weighted by molar-refractivity contribution is 7.92. The topological polar surface area (TPSA) is 292 Å². The van der Waals surface area contributed by atoms with Crippen molar-refractivity contribution in [2.75, 3.05) is 43.3 Å². The molecule has 0 aliphatic heterocycles. The van der Waals surface area contributed by atoms with E-state index in [0.29, 0.717) is 122 Å². The average Bonchev–Trinajstić information content (AvgIpc) is 1.70. The second-order valence-corrected chi connectivity index (χ2v) is 31.3. The van der Waals surface area contributed by atoms with Crippen molar-refractivity contribution in [3.8, 4) is 38.8 Å². The van der Waals surface area contributed by atoms with Gasteiger partial charge in [0, 0.05) is 78.0 Å². The Bertz CT molecular complexity index is 4270. The predicted molar refractivity (Wildman–Crippen MR) is 369 cm³/mol. The molecule has 0 atom stereocenters. The van der Waals surface area contributed by atoms with Crippen LogP contribution in [-0.2, 0) is 72.8 Å². The van der Waals surface area contributed by atoms with E-state index < -0.39 is 40.5 Å². The SMILES string of the molecule is CCCOc1c(Cl)cc(-c2ccc(OCc3ccnc(NS(C)(=O)=O)n3)s2)cc1C#N.CCCOc1c(Cl)cc(C(C)(C)c2ccc(CCc3ocnc3S(C)(=O)=O)nc2)cc1Cl.CCCOc1c(Cl)cc(C(C)(C)c2cnc(CCc3ocnc3S(C)(=O)=O)nc2)cc1Cl. The van der Waals surface area contributed by atoms with Crippen LogP contribution in [0.5, 0.6) is 22.3 Å². The minimum Gasteiger partial charge on any atom is -0.491 e. The van der Waals surface area contributed by atoms with Crippen molar-refractivity contribution < 1.29 is 53.0 Å². The van der Waals surface area contributed by atoms with Crippen molar-refractivity contribution in [3.63, 3.8) is 0 Å². The highest BCUT2D eigenvalue weighted by atomic mass is 35.5. The summed E-state index contributed by atoms with van der Waals surface area (Å²) in [6.07, 6.45) is 16.5. The van der Waals surface area contributed by atoms with Gasteiger partial charge in [-0.15, -0.1) is 0 Å². The first-order chi connectivity index (χ1) is 44.9. The van der Waals surface area contributed by atoms with Crippen LogP contribution in [0.2, 0.25) is 25.1 Å². The van der Waals surface area contributed by atoms with Gasteiger partial charge < -0.3 is 27.8 Å². The molecular weight excluding hydrogens is 1400 g/mol. The van der Waals surface area contributed by atoms with E-state index in [2.05, 4.69) is 59.5 Å². The molecule has 0 radical (unpaired) electrons. The summed E-state index contributed by atoms with van der Waals surface area (Å²) in [7, 11) is -10.3. The molecule has 95 heavy (non-hydrogen) atoms. The lowest BCUT2D eigenvalue weighted by Crippen LogP contribution is -2.20. The van der Waals surface area contributed by atoms with Crippen LogP contribution in [0.25, 0.3) is 10.4 Å². The van der Waals surface area contributed by atoms with E-state index in [1.54, 1.807) is 36.7 Å². The zero-order valence-electron chi connectivity index (χ0n) is 53.6. The van der Waals surface area contributed by atoms with Crippen molar-refractivity contribution in [1.82, 2.24) is 34.9 Å². The molecule has 6 heterocycles. The van der Waals surface area contributed by atoms with Crippen molar-refractivity contribution in [1.29, 1.82) is 5.26 Å². The number of nitrogens with one attached hydrogen (secondary N) is 1. The molecule has 0 saturated carbocycles. The van der Waals surface area contributed by atoms with Crippen LogP contribution in [0.3, 0.4) is 0 Å². The van der Waals surface area contributed by atoms with E-state index >= 15 is 0 Å². The smallest absolute Gasteiger partial charge is 0.236 e. The Morgan fingerprint density at radius 2 is 1.04 bits per heavy atom. The molecule has 0 aliphatic rings. The van der Waals surface area contributed by atoms with E-state index in [1.165, 1.54) is 17.5 Å². The third-order valence-corrected chi connectivity index (χ3v) is 19.3. The number of nitriles is 1. The molecule has 0 fully saturated rings. The van der Waals surface area contributed by atoms with E-state index in [4.69, 9.17) is 85.8 Å². The normalized spacial score (nSPS) is 11.8. The molecule has 0 spiro atoms. The van der Waals surface area contributed by atoms with Crippen molar-refractivity contribution >= 4 is 105 Å². The van der Waals surface area contributed by atoms with Gasteiger partial charge in [0.2, 0.25) is 16.0 Å². The number of aromatic nitrogens is 7. The number of aryl methyl sites for hydroxylation is 4. The second kappa shape index (κ2) is 33.2. The third kappa shape index (κ3) is 20.7. The maximum absolute atomic E-state index is 11.8. The van der Waals surface area contributed by atoms with Gasteiger partial charge in [-0.2, -0.15) is 5.26 Å². The maximum Gasteiger partial charge on any atom is 0.236 e. The van der Waals surface area contributed by atoms with Gasteiger partial charge in [0.15, 0.2) is 64.8 Å². The fourth-order valence-corrected chi connectivity index (χ4v) is 13.4. The number of benzene rings is 3. The molecule has 30 heteroatoms. The van der Waals surface area contributed by atoms with Gasteiger partial charge in [-0.25, -0.2) is 55.2 Å². The molecule has 506 valence electrons. The van der Waals surface area contributed by atoms with Gasteiger partial charge in [-0.1, -0.05) is 124 Å². The summed E-state index contributed by atoms with van der Waals surface area (Å²) in [5.74, 6) is 2.58. The number of ether oxygens (including phenoxy) is 4. The number of oxazole rings is 2. The summed E-state index contributed by atoms with van der Waals surface area (Å²) in [5, 5.41) is 12.3. The number of nitrogens with zero attached hydrogens (tertiary/aromatic N) is 8. The first-order valence-electron chi connectivity index (χ1n) is 29.5. The lowest BCUT2D eigenvalue weighted by molar-refractivity contribution is 0.310. The van der Waals surface area contributed by atoms with Gasteiger partial charge in [0.05, 0.1) is 62.4 Å². The highest BCUT2D eigenvalue weighted by Gasteiger charge is 2.29. The molecule has 0 aliphatic carbocycles. The molecule has 0 bridgehead atoms. The Morgan fingerprint density at radius 3 is 1.53 bits per heavy atom. The fraction of sp³-hybridized carbons (Fsp3) is 0.354. The van der Waals surface area contributed by atoms with Crippen molar-refractivity contribution in [2.45, 2.75) is 121 Å². The first-order valence-corrected chi connectivity index (χ1v) is 37.9. The summed E-state index contributed by atoms with van der Waals surface area (Å²) in [5.41, 5.74) is 5.38. The Kier molecular flexibility index (Phi) is 26.3. The minimum absolute atomic E-state index is 0.0143. The summed E-state index contributed by atoms with van der Waals surface area (Å²) < 4.78 is 105. The number of sulfone groups is 2. The van der Waals surface area contributed by atoms with E-state index in [9.17, 15) is 30.5 Å². The lowest BCUT2D eigenvalue weighted by atomic mass is 9.79. The molecule has 1 N–H and O–H groups in total. The van der Waals surface area contributed by atoms with Gasteiger partial charge in [0.25, 0.3) is 0 Å². The van der Waals surface area contributed by atoms with E-state index in [1.807, 2.05) is 83.3 Å². The van der Waals surface area contributed by atoms with E-state index in [0.717, 1.165) is 89.2 Å². The number of pyridine rings is 1. The second-order valence-electron chi connectivity index (χ2n) is 22.6. The third-order valence-electron chi connectivity index (χ3n) is 14.2. The van der Waals surface area contributed by atoms with Gasteiger partial charge in [-0.3, -0.25) is 9.71 Å². The Morgan fingerprint density at radius 1 is 0.547 bits per heavy atom. The molecule has 9 aromatic rings. The lowest BCUT2D eigenvalue weighted by Gasteiger charge is -2.27. The number of sulfonamides is 1. The number of anilines is 1. The number of thiophene rings is 1. The summed E-state index contributed by atoms with van der Waals surface area (Å²) in [6.45, 7) is 15.9. The summed E-state index contributed by atoms with van der Waals surface area (Å²) in [6, 6.07) is 22.3. The molecule has 21 nitrogen and oxygen atoms in total. The number of halogens is 5. The average molecular weight is 1470 g/mol. The van der Waals surface area contributed by atoms with Gasteiger partial charge in [-0.05, 0) is 114 Å².